The molecule has 0 unspecified atom stereocenters. The van der Waals surface area contributed by atoms with Crippen molar-refractivity contribution in [2.75, 3.05) is 11.3 Å². The summed E-state index contributed by atoms with van der Waals surface area (Å²) in [6, 6.07) is 11.6. The average molecular weight is 347 g/mol. The molecule has 0 radical (unpaired) electrons. The zero-order valence-corrected chi connectivity index (χ0v) is 13.4. The van der Waals surface area contributed by atoms with Crippen molar-refractivity contribution in [1.82, 2.24) is 0 Å². The predicted molar refractivity (Wildman–Crippen MR) is 86.2 cm³/mol. The average Bonchev–Trinajstić information content (AvgIpc) is 2.53. The number of hydrogen-bond donors (Lipinski definition) is 1. The molecule has 0 amide bonds. The molecule has 0 heterocycles. The predicted octanol–water partition coefficient (Wildman–Crippen LogP) is 2.61. The Morgan fingerprint density at radius 3 is 2.50 bits per heavy atom. The summed E-state index contributed by atoms with van der Waals surface area (Å²) in [5, 5.41) is 19.4. The number of anilines is 1. The van der Waals surface area contributed by atoms with E-state index >= 15 is 0 Å². The molecule has 0 aliphatic carbocycles. The van der Waals surface area contributed by atoms with Gasteiger partial charge in [-0.15, -0.1) is 0 Å². The second-order valence-corrected chi connectivity index (χ2v) is 6.38. The Morgan fingerprint density at radius 2 is 1.92 bits per heavy atom. The van der Waals surface area contributed by atoms with Gasteiger partial charge in [-0.1, -0.05) is 6.07 Å². The van der Waals surface area contributed by atoms with Crippen LogP contribution in [-0.4, -0.2) is 19.9 Å². The van der Waals surface area contributed by atoms with Crippen LogP contribution in [0.4, 0.5) is 11.4 Å². The van der Waals surface area contributed by atoms with Crippen LogP contribution in [0.5, 0.6) is 5.75 Å². The Balaban J connectivity index is 2.28. The van der Waals surface area contributed by atoms with E-state index in [0.29, 0.717) is 5.75 Å². The summed E-state index contributed by atoms with van der Waals surface area (Å²) in [6.45, 7) is 1.27. The highest BCUT2D eigenvalue weighted by Crippen LogP contribution is 2.26. The minimum Gasteiger partial charge on any atom is -0.479 e. The molecule has 2 rings (SSSR count). The molecular formula is C15H13N3O5S. The third-order valence-corrected chi connectivity index (χ3v) is 4.68. The minimum absolute atomic E-state index is 0.0592. The van der Waals surface area contributed by atoms with Crippen LogP contribution in [0.25, 0.3) is 0 Å². The van der Waals surface area contributed by atoms with Crippen molar-refractivity contribution in [2.24, 2.45) is 0 Å². The fourth-order valence-electron chi connectivity index (χ4n) is 2.04. The number of nitrogens with one attached hydrogen (secondary N) is 1. The van der Waals surface area contributed by atoms with Crippen LogP contribution in [0.3, 0.4) is 0 Å². The van der Waals surface area contributed by atoms with Gasteiger partial charge < -0.3 is 4.74 Å². The third-order valence-electron chi connectivity index (χ3n) is 3.15. The van der Waals surface area contributed by atoms with Crippen LogP contribution in [0.15, 0.2) is 47.4 Å². The zero-order valence-electron chi connectivity index (χ0n) is 12.6. The maximum atomic E-state index is 12.4. The first-order valence-corrected chi connectivity index (χ1v) is 8.20. The van der Waals surface area contributed by atoms with Gasteiger partial charge >= 0.3 is 0 Å². The summed E-state index contributed by atoms with van der Waals surface area (Å²) < 4.78 is 32.3. The van der Waals surface area contributed by atoms with Gasteiger partial charge in [-0.25, -0.2) is 8.42 Å². The van der Waals surface area contributed by atoms with E-state index in [0.717, 1.165) is 0 Å². The molecule has 0 bridgehead atoms. The second kappa shape index (κ2) is 6.97. The lowest BCUT2D eigenvalue weighted by atomic mass is 10.2. The van der Waals surface area contributed by atoms with Gasteiger partial charge in [0.05, 0.1) is 9.82 Å². The number of nitro groups is 1. The Kier molecular flexibility index (Phi) is 5.01. The summed E-state index contributed by atoms with van der Waals surface area (Å²) in [7, 11) is -3.98. The van der Waals surface area contributed by atoms with Gasteiger partial charge in [0.2, 0.25) is 0 Å². The van der Waals surface area contributed by atoms with Crippen molar-refractivity contribution in [3.63, 3.8) is 0 Å². The molecule has 124 valence electrons. The number of hydrogen-bond acceptors (Lipinski definition) is 6. The fourth-order valence-corrected chi connectivity index (χ4v) is 3.36. The number of sulfonamides is 1. The zero-order chi connectivity index (χ0) is 17.7. The van der Waals surface area contributed by atoms with E-state index < -0.39 is 14.9 Å². The van der Waals surface area contributed by atoms with Gasteiger partial charge in [-0.05, 0) is 37.3 Å². The Labute approximate surface area is 138 Å². The van der Waals surface area contributed by atoms with E-state index in [2.05, 4.69) is 4.72 Å². The Hall–Kier alpha value is -3.12. The molecule has 2 aromatic carbocycles. The minimum atomic E-state index is -3.98. The molecule has 24 heavy (non-hydrogen) atoms. The van der Waals surface area contributed by atoms with Crippen LogP contribution in [0.2, 0.25) is 0 Å². The normalized spacial score (nSPS) is 10.7. The SMILES string of the molecule is Cc1c([N+](=O)[O-])cccc1S(=O)(=O)Nc1ccc(OCC#N)cc1. The van der Waals surface area contributed by atoms with Crippen molar-refractivity contribution in [3.8, 4) is 11.8 Å². The molecule has 0 fully saturated rings. The molecule has 1 N–H and O–H groups in total. The highest BCUT2D eigenvalue weighted by Gasteiger charge is 2.22. The standard InChI is InChI=1S/C15H13N3O5S/c1-11-14(18(19)20)3-2-4-15(11)24(21,22)17-12-5-7-13(8-6-12)23-10-9-16/h2-8,17H,10H2,1H3. The summed E-state index contributed by atoms with van der Waals surface area (Å²) in [4.78, 5) is 10.1. The van der Waals surface area contributed by atoms with Gasteiger partial charge in [0.15, 0.2) is 6.61 Å². The van der Waals surface area contributed by atoms with E-state index in [9.17, 15) is 18.5 Å². The monoisotopic (exact) mass is 347 g/mol. The highest BCUT2D eigenvalue weighted by atomic mass is 32.2. The number of benzene rings is 2. The van der Waals surface area contributed by atoms with Crippen molar-refractivity contribution >= 4 is 21.4 Å². The molecule has 0 aromatic heterocycles. The van der Waals surface area contributed by atoms with Gasteiger partial charge in [-0.2, -0.15) is 5.26 Å². The summed E-state index contributed by atoms with van der Waals surface area (Å²) in [6.07, 6.45) is 0. The van der Waals surface area contributed by atoms with Crippen LogP contribution < -0.4 is 9.46 Å². The molecule has 9 heteroatoms. The first-order chi connectivity index (χ1) is 11.3. The lowest BCUT2D eigenvalue weighted by Crippen LogP contribution is -2.14. The molecule has 0 saturated heterocycles. The van der Waals surface area contributed by atoms with Gasteiger partial charge in [0.1, 0.15) is 11.8 Å². The maximum absolute atomic E-state index is 12.4. The van der Waals surface area contributed by atoms with Gasteiger partial charge in [0.25, 0.3) is 15.7 Å². The second-order valence-electron chi connectivity index (χ2n) is 4.73. The van der Waals surface area contributed by atoms with Crippen molar-refractivity contribution in [2.45, 2.75) is 11.8 Å². The van der Waals surface area contributed by atoms with E-state index in [-0.39, 0.29) is 28.4 Å². The number of rotatable bonds is 6. The molecule has 0 aliphatic rings. The maximum Gasteiger partial charge on any atom is 0.273 e. The Morgan fingerprint density at radius 1 is 1.25 bits per heavy atom. The summed E-state index contributed by atoms with van der Waals surface area (Å²) >= 11 is 0. The number of ether oxygens (including phenoxy) is 1. The first kappa shape index (κ1) is 17.2. The summed E-state index contributed by atoms with van der Waals surface area (Å²) in [5.41, 5.74) is 0.0623. The highest BCUT2D eigenvalue weighted by molar-refractivity contribution is 7.92. The molecule has 2 aromatic rings. The quantitative estimate of drug-likeness (QED) is 0.633. The lowest BCUT2D eigenvalue weighted by molar-refractivity contribution is -0.385. The van der Waals surface area contributed by atoms with Crippen LogP contribution >= 0.6 is 0 Å². The first-order valence-electron chi connectivity index (χ1n) is 6.72. The molecular weight excluding hydrogens is 334 g/mol. The molecule has 0 spiro atoms. The van der Waals surface area contributed by atoms with Crippen LogP contribution in [0, 0.1) is 28.4 Å². The largest absolute Gasteiger partial charge is 0.479 e. The van der Waals surface area contributed by atoms with Crippen molar-refractivity contribution in [3.05, 3.63) is 58.1 Å². The number of nitrogens with zero attached hydrogens (tertiary/aromatic N) is 2. The Bertz CT molecular complexity index is 902. The molecule has 0 atom stereocenters. The third kappa shape index (κ3) is 3.80. The summed E-state index contributed by atoms with van der Waals surface area (Å²) in [5.74, 6) is 0.422. The van der Waals surface area contributed by atoms with Gasteiger partial charge in [-0.3, -0.25) is 14.8 Å². The van der Waals surface area contributed by atoms with Gasteiger partial charge in [0, 0.05) is 17.3 Å². The van der Waals surface area contributed by atoms with E-state index in [1.807, 2.05) is 6.07 Å². The molecule has 8 nitrogen and oxygen atoms in total. The topological polar surface area (TPSA) is 122 Å². The number of nitro benzene ring substituents is 1. The molecule has 0 aliphatic heterocycles. The smallest absolute Gasteiger partial charge is 0.273 e. The van der Waals surface area contributed by atoms with Crippen LogP contribution in [0.1, 0.15) is 5.56 Å². The fraction of sp³-hybridized carbons (Fsp3) is 0.133. The van der Waals surface area contributed by atoms with E-state index in [1.165, 1.54) is 49.4 Å². The molecule has 0 saturated carbocycles. The number of nitriles is 1. The van der Waals surface area contributed by atoms with E-state index in [1.54, 1.807) is 0 Å². The van der Waals surface area contributed by atoms with Crippen molar-refractivity contribution in [1.29, 1.82) is 5.26 Å². The van der Waals surface area contributed by atoms with Crippen molar-refractivity contribution < 1.29 is 18.1 Å². The van der Waals surface area contributed by atoms with E-state index in [4.69, 9.17) is 10.00 Å². The van der Waals surface area contributed by atoms with Crippen LogP contribution in [-0.2, 0) is 10.0 Å². The lowest BCUT2D eigenvalue weighted by Gasteiger charge is -2.11.